The summed E-state index contributed by atoms with van der Waals surface area (Å²) in [5.74, 6) is -0.0753. The van der Waals surface area contributed by atoms with Crippen molar-refractivity contribution < 1.29 is 22.7 Å². The molecule has 28 heavy (non-hydrogen) atoms. The largest absolute Gasteiger partial charge is 0.495 e. The molecule has 0 atom stereocenters. The maximum Gasteiger partial charge on any atom is 0.240 e. The highest BCUT2D eigenvalue weighted by Gasteiger charge is 2.24. The monoisotopic (exact) mass is 432 g/mol. The molecule has 1 N–H and O–H groups in total. The molecule has 158 valence electrons. The summed E-state index contributed by atoms with van der Waals surface area (Å²) in [4.78, 5) is 12.3. The summed E-state index contributed by atoms with van der Waals surface area (Å²) in [5, 5.41) is 3.10. The second-order valence-electron chi connectivity index (χ2n) is 6.92. The van der Waals surface area contributed by atoms with Crippen LogP contribution in [0.25, 0.3) is 0 Å². The van der Waals surface area contributed by atoms with Gasteiger partial charge in [0.2, 0.25) is 15.9 Å². The van der Waals surface area contributed by atoms with Crippen LogP contribution in [0.1, 0.15) is 38.5 Å². The average Bonchev–Trinajstić information content (AvgIpc) is 2.65. The fraction of sp³-hybridized carbons (Fsp3) is 0.632. The highest BCUT2D eigenvalue weighted by atomic mass is 35.5. The number of amides is 1. The molecule has 0 spiro atoms. The van der Waals surface area contributed by atoms with Gasteiger partial charge in [-0.15, -0.1) is 0 Å². The van der Waals surface area contributed by atoms with Gasteiger partial charge >= 0.3 is 0 Å². The Balaban J connectivity index is 1.87. The Morgan fingerprint density at radius 1 is 1.29 bits per heavy atom. The number of halogens is 1. The summed E-state index contributed by atoms with van der Waals surface area (Å²) in [6.07, 6.45) is 7.99. The molecule has 1 aliphatic carbocycles. The summed E-state index contributed by atoms with van der Waals surface area (Å²) < 4.78 is 36.5. The lowest BCUT2D eigenvalue weighted by molar-refractivity contribution is -0.119. The molecule has 1 amide bonds. The molecule has 0 heterocycles. The molecule has 9 heteroatoms. The number of hydrogen-bond acceptors (Lipinski definition) is 5. The number of nitrogens with zero attached hydrogens (tertiary/aromatic N) is 1. The molecule has 0 unspecified atom stereocenters. The Morgan fingerprint density at radius 2 is 2.00 bits per heavy atom. The standard InChI is InChI=1S/C19H29ClN2O5S/c1-26-18-10-9-15(20)13-17(18)22(28(2,24)25)14-19(23)21-11-6-12-27-16-7-4-3-5-8-16/h9-10,13,16H,3-8,11-12,14H2,1-2H3,(H,21,23). The molecule has 0 aliphatic heterocycles. The first-order chi connectivity index (χ1) is 13.3. The predicted octanol–water partition coefficient (Wildman–Crippen LogP) is 2.97. The minimum absolute atomic E-state index is 0.230. The second kappa shape index (κ2) is 10.9. The van der Waals surface area contributed by atoms with E-state index in [1.54, 1.807) is 12.1 Å². The topological polar surface area (TPSA) is 84.9 Å². The number of carbonyl (C=O) groups excluding carboxylic acids is 1. The van der Waals surface area contributed by atoms with E-state index in [0.717, 1.165) is 23.4 Å². The summed E-state index contributed by atoms with van der Waals surface area (Å²) in [6.45, 7) is 0.664. The molecule has 0 bridgehead atoms. The lowest BCUT2D eigenvalue weighted by Gasteiger charge is -2.24. The first-order valence-electron chi connectivity index (χ1n) is 9.51. The van der Waals surface area contributed by atoms with E-state index in [2.05, 4.69) is 5.32 Å². The lowest BCUT2D eigenvalue weighted by atomic mass is 9.98. The normalized spacial score (nSPS) is 15.2. The summed E-state index contributed by atoms with van der Waals surface area (Å²) in [7, 11) is -2.27. The van der Waals surface area contributed by atoms with Crippen molar-refractivity contribution in [3.05, 3.63) is 23.2 Å². The summed E-state index contributed by atoms with van der Waals surface area (Å²) in [6, 6.07) is 4.62. The maximum atomic E-state index is 12.3. The van der Waals surface area contributed by atoms with Gasteiger partial charge in [-0.1, -0.05) is 30.9 Å². The molecule has 0 saturated heterocycles. The van der Waals surface area contributed by atoms with Gasteiger partial charge in [0.1, 0.15) is 12.3 Å². The summed E-state index contributed by atoms with van der Waals surface area (Å²) >= 11 is 6.00. The van der Waals surface area contributed by atoms with Gasteiger partial charge in [-0.25, -0.2) is 8.42 Å². The number of benzene rings is 1. The third-order valence-electron chi connectivity index (χ3n) is 4.65. The first kappa shape index (κ1) is 22.8. The van der Waals surface area contributed by atoms with E-state index in [1.165, 1.54) is 32.4 Å². The molecule has 1 fully saturated rings. The van der Waals surface area contributed by atoms with Gasteiger partial charge < -0.3 is 14.8 Å². The zero-order chi connectivity index (χ0) is 20.6. The zero-order valence-corrected chi connectivity index (χ0v) is 18.0. The lowest BCUT2D eigenvalue weighted by Crippen LogP contribution is -2.41. The Labute approximate surface area is 172 Å². The van der Waals surface area contributed by atoms with Crippen LogP contribution >= 0.6 is 11.6 Å². The SMILES string of the molecule is COc1ccc(Cl)cc1N(CC(=O)NCCCOC1CCCCC1)S(C)(=O)=O. The molecule has 2 rings (SSSR count). The van der Waals surface area contributed by atoms with Gasteiger partial charge in [-0.05, 0) is 37.5 Å². The molecule has 7 nitrogen and oxygen atoms in total. The average molecular weight is 433 g/mol. The Hall–Kier alpha value is -1.51. The van der Waals surface area contributed by atoms with E-state index in [1.807, 2.05) is 0 Å². The number of methoxy groups -OCH3 is 1. The van der Waals surface area contributed by atoms with Crippen molar-refractivity contribution in [1.82, 2.24) is 5.32 Å². The quantitative estimate of drug-likeness (QED) is 0.574. The number of ether oxygens (including phenoxy) is 2. The number of sulfonamides is 1. The van der Waals surface area contributed by atoms with Crippen LogP contribution in [0.3, 0.4) is 0 Å². The highest BCUT2D eigenvalue weighted by molar-refractivity contribution is 7.92. The molecule has 1 aromatic rings. The zero-order valence-electron chi connectivity index (χ0n) is 16.4. The van der Waals surface area contributed by atoms with Crippen molar-refractivity contribution >= 4 is 33.2 Å². The van der Waals surface area contributed by atoms with E-state index in [0.29, 0.717) is 36.4 Å². The van der Waals surface area contributed by atoms with Crippen LogP contribution in [0, 0.1) is 0 Å². The second-order valence-corrected chi connectivity index (χ2v) is 9.26. The minimum Gasteiger partial charge on any atom is -0.495 e. The number of carbonyl (C=O) groups is 1. The first-order valence-corrected chi connectivity index (χ1v) is 11.7. The van der Waals surface area contributed by atoms with Crippen LogP contribution in [0.4, 0.5) is 5.69 Å². The van der Waals surface area contributed by atoms with E-state index in [9.17, 15) is 13.2 Å². The molecular formula is C19H29ClN2O5S. The molecular weight excluding hydrogens is 404 g/mol. The third-order valence-corrected chi connectivity index (χ3v) is 6.01. The van der Waals surface area contributed by atoms with Crippen LogP contribution in [-0.2, 0) is 19.6 Å². The molecule has 0 radical (unpaired) electrons. The van der Waals surface area contributed by atoms with Gasteiger partial charge in [0.15, 0.2) is 0 Å². The Morgan fingerprint density at radius 3 is 2.64 bits per heavy atom. The molecule has 0 aromatic heterocycles. The van der Waals surface area contributed by atoms with Gasteiger partial charge in [0, 0.05) is 18.2 Å². The van der Waals surface area contributed by atoms with E-state index >= 15 is 0 Å². The molecule has 1 aliphatic rings. The van der Waals surface area contributed by atoms with Crippen LogP contribution in [0.5, 0.6) is 5.75 Å². The number of rotatable bonds is 10. The fourth-order valence-corrected chi connectivity index (χ4v) is 4.23. The molecule has 1 aromatic carbocycles. The smallest absolute Gasteiger partial charge is 0.240 e. The predicted molar refractivity (Wildman–Crippen MR) is 111 cm³/mol. The maximum absolute atomic E-state index is 12.3. The van der Waals surface area contributed by atoms with Crippen LogP contribution in [0.2, 0.25) is 5.02 Å². The Kier molecular flexibility index (Phi) is 8.85. The van der Waals surface area contributed by atoms with Crippen molar-refractivity contribution in [3.63, 3.8) is 0 Å². The van der Waals surface area contributed by atoms with Crippen LogP contribution in [-0.4, -0.2) is 53.5 Å². The van der Waals surface area contributed by atoms with Crippen LogP contribution < -0.4 is 14.4 Å². The van der Waals surface area contributed by atoms with E-state index < -0.39 is 15.9 Å². The van der Waals surface area contributed by atoms with Crippen molar-refractivity contribution in [2.45, 2.75) is 44.6 Å². The fourth-order valence-electron chi connectivity index (χ4n) is 3.21. The third kappa shape index (κ3) is 7.14. The van der Waals surface area contributed by atoms with Crippen molar-refractivity contribution in [2.75, 3.05) is 37.4 Å². The number of hydrogen-bond donors (Lipinski definition) is 1. The minimum atomic E-state index is -3.70. The van der Waals surface area contributed by atoms with Gasteiger partial charge in [0.25, 0.3) is 0 Å². The number of anilines is 1. The van der Waals surface area contributed by atoms with Crippen LogP contribution in [0.15, 0.2) is 18.2 Å². The molecule has 1 saturated carbocycles. The van der Waals surface area contributed by atoms with Gasteiger partial charge in [-0.3, -0.25) is 9.10 Å². The van der Waals surface area contributed by atoms with E-state index in [4.69, 9.17) is 21.1 Å². The van der Waals surface area contributed by atoms with Crippen molar-refractivity contribution in [3.8, 4) is 5.75 Å². The van der Waals surface area contributed by atoms with E-state index in [-0.39, 0.29) is 12.2 Å². The Bertz CT molecular complexity index is 751. The number of nitrogens with one attached hydrogen (secondary N) is 1. The highest BCUT2D eigenvalue weighted by Crippen LogP contribution is 2.32. The van der Waals surface area contributed by atoms with Crippen molar-refractivity contribution in [1.29, 1.82) is 0 Å². The van der Waals surface area contributed by atoms with Crippen molar-refractivity contribution in [2.24, 2.45) is 0 Å². The van der Waals surface area contributed by atoms with Gasteiger partial charge in [0.05, 0.1) is 25.2 Å². The van der Waals surface area contributed by atoms with Gasteiger partial charge in [-0.2, -0.15) is 0 Å². The summed E-state index contributed by atoms with van der Waals surface area (Å²) in [5.41, 5.74) is 0.230.